The van der Waals surface area contributed by atoms with Crippen LogP contribution in [-0.4, -0.2) is 54.0 Å². The van der Waals surface area contributed by atoms with E-state index in [2.05, 4.69) is 27.9 Å². The fourth-order valence-corrected chi connectivity index (χ4v) is 2.92. The lowest BCUT2D eigenvalue weighted by Gasteiger charge is -2.36. The quantitative estimate of drug-likeness (QED) is 0.753. The average molecular weight is 371 g/mol. The van der Waals surface area contributed by atoms with Crippen molar-refractivity contribution in [1.82, 2.24) is 15.1 Å². The number of amides is 3. The third kappa shape index (κ3) is 2.41. The van der Waals surface area contributed by atoms with Crippen molar-refractivity contribution in [2.24, 2.45) is 0 Å². The van der Waals surface area contributed by atoms with Gasteiger partial charge >= 0.3 is 6.03 Å². The van der Waals surface area contributed by atoms with Gasteiger partial charge in [-0.2, -0.15) is 0 Å². The number of hydrogen-bond acceptors (Lipinski definition) is 2. The van der Waals surface area contributed by atoms with Crippen LogP contribution < -0.4 is 5.32 Å². The number of benzene rings is 1. The van der Waals surface area contributed by atoms with Crippen LogP contribution in [0, 0.1) is 3.57 Å². The molecule has 2 fully saturated rings. The van der Waals surface area contributed by atoms with Gasteiger partial charge in [0.25, 0.3) is 5.91 Å². The maximum Gasteiger partial charge on any atom is 0.317 e. The van der Waals surface area contributed by atoms with Crippen LogP contribution in [0.3, 0.4) is 0 Å². The molecule has 2 heterocycles. The molecule has 0 aliphatic carbocycles. The summed E-state index contributed by atoms with van der Waals surface area (Å²) < 4.78 is 1.12. The molecule has 100 valence electrons. The fraction of sp³-hybridized carbons (Fsp3) is 0.385. The summed E-state index contributed by atoms with van der Waals surface area (Å²) in [7, 11) is 0. The minimum atomic E-state index is -0.00800. The number of nitrogens with zero attached hydrogens (tertiary/aromatic N) is 2. The summed E-state index contributed by atoms with van der Waals surface area (Å²) in [5, 5.41) is 2.82. The molecule has 1 aromatic rings. The molecule has 2 saturated heterocycles. The van der Waals surface area contributed by atoms with Gasteiger partial charge < -0.3 is 15.1 Å². The van der Waals surface area contributed by atoms with E-state index >= 15 is 0 Å². The molecule has 6 heteroatoms. The summed E-state index contributed by atoms with van der Waals surface area (Å²) in [6, 6.07) is 7.69. The summed E-state index contributed by atoms with van der Waals surface area (Å²) in [4.78, 5) is 27.5. The second-order valence-electron chi connectivity index (χ2n) is 4.79. The first-order chi connectivity index (χ1) is 9.15. The molecular formula is C13H14IN3O2. The second kappa shape index (κ2) is 4.99. The van der Waals surface area contributed by atoms with E-state index in [9.17, 15) is 9.59 Å². The number of carbonyl (C=O) groups excluding carboxylic acids is 2. The van der Waals surface area contributed by atoms with E-state index in [4.69, 9.17) is 0 Å². The Morgan fingerprint density at radius 3 is 2.74 bits per heavy atom. The Labute approximate surface area is 125 Å². The van der Waals surface area contributed by atoms with Gasteiger partial charge in [0.15, 0.2) is 0 Å². The van der Waals surface area contributed by atoms with Crippen LogP contribution in [-0.2, 0) is 0 Å². The highest BCUT2D eigenvalue weighted by Crippen LogP contribution is 2.17. The van der Waals surface area contributed by atoms with Gasteiger partial charge in [-0.1, -0.05) is 0 Å². The molecule has 2 aliphatic rings. The van der Waals surface area contributed by atoms with Gasteiger partial charge in [0, 0.05) is 35.3 Å². The molecule has 5 nitrogen and oxygen atoms in total. The van der Waals surface area contributed by atoms with E-state index in [0.29, 0.717) is 31.7 Å². The molecule has 3 amide bonds. The lowest BCUT2D eigenvalue weighted by Crippen LogP contribution is -2.53. The zero-order valence-corrected chi connectivity index (χ0v) is 12.5. The predicted molar refractivity (Wildman–Crippen MR) is 79.0 cm³/mol. The highest BCUT2D eigenvalue weighted by molar-refractivity contribution is 14.1. The van der Waals surface area contributed by atoms with Crippen molar-refractivity contribution in [2.45, 2.75) is 6.04 Å². The minimum Gasteiger partial charge on any atom is -0.336 e. The van der Waals surface area contributed by atoms with Crippen molar-refractivity contribution < 1.29 is 9.59 Å². The summed E-state index contributed by atoms with van der Waals surface area (Å²) in [6.07, 6.45) is 0. The Hall–Kier alpha value is -1.31. The predicted octanol–water partition coefficient (Wildman–Crippen LogP) is 1.14. The van der Waals surface area contributed by atoms with E-state index in [-0.39, 0.29) is 18.0 Å². The smallest absolute Gasteiger partial charge is 0.317 e. The molecule has 0 radical (unpaired) electrons. The molecule has 0 saturated carbocycles. The van der Waals surface area contributed by atoms with E-state index in [1.54, 1.807) is 0 Å². The van der Waals surface area contributed by atoms with Gasteiger partial charge in [0.2, 0.25) is 0 Å². The van der Waals surface area contributed by atoms with Gasteiger partial charge in [-0.15, -0.1) is 0 Å². The SMILES string of the molecule is O=C(c1ccc(I)cc1)N1CCN2C(=O)NCC2C1. The number of fused-ring (bicyclic) bond motifs is 1. The first kappa shape index (κ1) is 12.7. The normalized spacial score (nSPS) is 22.2. The van der Waals surface area contributed by atoms with Crippen molar-refractivity contribution in [1.29, 1.82) is 0 Å². The van der Waals surface area contributed by atoms with Crippen molar-refractivity contribution in [3.63, 3.8) is 0 Å². The zero-order chi connectivity index (χ0) is 13.4. The average Bonchev–Trinajstić information content (AvgIpc) is 2.80. The summed E-state index contributed by atoms with van der Waals surface area (Å²) in [5.74, 6) is 0.0513. The molecule has 19 heavy (non-hydrogen) atoms. The third-order valence-corrected chi connectivity index (χ3v) is 4.33. The first-order valence-electron chi connectivity index (χ1n) is 6.24. The van der Waals surface area contributed by atoms with Gasteiger partial charge in [-0.3, -0.25) is 4.79 Å². The van der Waals surface area contributed by atoms with E-state index in [1.165, 1.54) is 0 Å². The van der Waals surface area contributed by atoms with Crippen LogP contribution in [0.5, 0.6) is 0 Å². The zero-order valence-electron chi connectivity index (χ0n) is 10.3. The largest absolute Gasteiger partial charge is 0.336 e. The number of nitrogens with one attached hydrogen (secondary N) is 1. The lowest BCUT2D eigenvalue weighted by atomic mass is 10.1. The van der Waals surface area contributed by atoms with Crippen LogP contribution in [0.4, 0.5) is 4.79 Å². The minimum absolute atomic E-state index is 0.00800. The molecule has 0 spiro atoms. The molecule has 2 aliphatic heterocycles. The Balaban J connectivity index is 1.72. The highest BCUT2D eigenvalue weighted by Gasteiger charge is 2.36. The Morgan fingerprint density at radius 1 is 1.26 bits per heavy atom. The Bertz CT molecular complexity index is 517. The summed E-state index contributed by atoms with van der Waals surface area (Å²) in [5.41, 5.74) is 0.714. The number of carbonyl (C=O) groups is 2. The van der Waals surface area contributed by atoms with Crippen LogP contribution in [0.1, 0.15) is 10.4 Å². The summed E-state index contributed by atoms with van der Waals surface area (Å²) in [6.45, 7) is 2.47. The van der Waals surface area contributed by atoms with Crippen molar-refractivity contribution in [2.75, 3.05) is 26.2 Å². The number of halogens is 1. The molecule has 0 aromatic heterocycles. The standard InChI is InChI=1S/C13H14IN3O2/c14-10-3-1-9(2-4-10)12(18)16-5-6-17-11(8-16)7-15-13(17)19/h1-4,11H,5-8H2,(H,15,19). The van der Waals surface area contributed by atoms with Crippen LogP contribution in [0.15, 0.2) is 24.3 Å². The molecular weight excluding hydrogens is 357 g/mol. The van der Waals surface area contributed by atoms with E-state index < -0.39 is 0 Å². The molecule has 1 unspecified atom stereocenters. The number of urea groups is 1. The van der Waals surface area contributed by atoms with Gasteiger partial charge in [0.05, 0.1) is 6.04 Å². The second-order valence-corrected chi connectivity index (χ2v) is 6.04. The molecule has 1 N–H and O–H groups in total. The van der Waals surface area contributed by atoms with Crippen molar-refractivity contribution in [3.8, 4) is 0 Å². The number of piperazine rings is 1. The topological polar surface area (TPSA) is 52.7 Å². The van der Waals surface area contributed by atoms with Crippen molar-refractivity contribution >= 4 is 34.5 Å². The van der Waals surface area contributed by atoms with Crippen LogP contribution in [0.2, 0.25) is 0 Å². The lowest BCUT2D eigenvalue weighted by molar-refractivity contribution is 0.0617. The first-order valence-corrected chi connectivity index (χ1v) is 7.32. The maximum absolute atomic E-state index is 12.4. The van der Waals surface area contributed by atoms with Crippen LogP contribution in [0.25, 0.3) is 0 Å². The van der Waals surface area contributed by atoms with Gasteiger partial charge in [0.1, 0.15) is 0 Å². The molecule has 0 bridgehead atoms. The summed E-state index contributed by atoms with van der Waals surface area (Å²) >= 11 is 2.22. The molecule has 3 rings (SSSR count). The Morgan fingerprint density at radius 2 is 2.00 bits per heavy atom. The number of rotatable bonds is 1. The monoisotopic (exact) mass is 371 g/mol. The highest BCUT2D eigenvalue weighted by atomic mass is 127. The number of hydrogen-bond donors (Lipinski definition) is 1. The molecule has 1 atom stereocenters. The fourth-order valence-electron chi connectivity index (χ4n) is 2.56. The van der Waals surface area contributed by atoms with Gasteiger partial charge in [-0.05, 0) is 46.9 Å². The Kier molecular flexibility index (Phi) is 3.34. The van der Waals surface area contributed by atoms with Crippen LogP contribution >= 0.6 is 22.6 Å². The van der Waals surface area contributed by atoms with E-state index in [0.717, 1.165) is 3.57 Å². The maximum atomic E-state index is 12.4. The third-order valence-electron chi connectivity index (χ3n) is 3.61. The molecule has 1 aromatic carbocycles. The van der Waals surface area contributed by atoms with Gasteiger partial charge in [-0.25, -0.2) is 4.79 Å². The van der Waals surface area contributed by atoms with E-state index in [1.807, 2.05) is 34.1 Å². The van der Waals surface area contributed by atoms with Crippen molar-refractivity contribution in [3.05, 3.63) is 33.4 Å².